The predicted octanol–water partition coefficient (Wildman–Crippen LogP) is 1.62. The van der Waals surface area contributed by atoms with Gasteiger partial charge in [0, 0.05) is 18.8 Å². The zero-order valence-electron chi connectivity index (χ0n) is 8.13. The van der Waals surface area contributed by atoms with Crippen molar-refractivity contribution in [2.75, 3.05) is 12.4 Å². The molecule has 0 radical (unpaired) electrons. The zero-order chi connectivity index (χ0) is 9.84. The van der Waals surface area contributed by atoms with Crippen molar-refractivity contribution in [2.24, 2.45) is 0 Å². The third-order valence-electron chi connectivity index (χ3n) is 1.80. The van der Waals surface area contributed by atoms with Crippen LogP contribution in [0.25, 0.3) is 0 Å². The van der Waals surface area contributed by atoms with Crippen LogP contribution in [0.15, 0.2) is 6.20 Å². The van der Waals surface area contributed by atoms with Gasteiger partial charge in [0.2, 0.25) is 5.95 Å². The number of nitrogens with zero attached hydrogens (tertiary/aromatic N) is 2. The molecule has 0 aliphatic heterocycles. The van der Waals surface area contributed by atoms with E-state index in [2.05, 4.69) is 35.1 Å². The van der Waals surface area contributed by atoms with E-state index in [0.29, 0.717) is 17.6 Å². The summed E-state index contributed by atoms with van der Waals surface area (Å²) in [4.78, 5) is 8.28. The highest BCUT2D eigenvalue weighted by molar-refractivity contribution is 5.39. The lowest BCUT2D eigenvalue weighted by molar-refractivity contribution is 0.841. The van der Waals surface area contributed by atoms with Crippen molar-refractivity contribution in [1.82, 2.24) is 9.97 Å². The minimum atomic E-state index is 0.358. The third kappa shape index (κ3) is 1.97. The fourth-order valence-electron chi connectivity index (χ4n) is 1.05. The zero-order valence-corrected chi connectivity index (χ0v) is 8.13. The Balaban J connectivity index is 3.18. The molecule has 0 aliphatic rings. The fourth-order valence-corrected chi connectivity index (χ4v) is 1.05. The average molecular weight is 175 g/mol. The van der Waals surface area contributed by atoms with Crippen LogP contribution in [0.3, 0.4) is 0 Å². The molecule has 13 heavy (non-hydrogen) atoms. The van der Waals surface area contributed by atoms with E-state index in [-0.39, 0.29) is 0 Å². The smallest absolute Gasteiger partial charge is 0.223 e. The van der Waals surface area contributed by atoms with Crippen LogP contribution in [0.4, 0.5) is 5.95 Å². The van der Waals surface area contributed by atoms with Gasteiger partial charge in [-0.1, -0.05) is 13.8 Å². The summed E-state index contributed by atoms with van der Waals surface area (Å²) in [5.41, 5.74) is 1.69. The van der Waals surface area contributed by atoms with Crippen LogP contribution in [-0.4, -0.2) is 17.0 Å². The summed E-state index contributed by atoms with van der Waals surface area (Å²) in [6, 6.07) is 0. The van der Waals surface area contributed by atoms with Gasteiger partial charge in [-0.2, -0.15) is 0 Å². The summed E-state index contributed by atoms with van der Waals surface area (Å²) in [7, 11) is 1.77. The van der Waals surface area contributed by atoms with Gasteiger partial charge in [-0.15, -0.1) is 6.42 Å². The molecule has 0 bridgehead atoms. The van der Waals surface area contributed by atoms with Crippen molar-refractivity contribution < 1.29 is 0 Å². The van der Waals surface area contributed by atoms with E-state index >= 15 is 0 Å². The SMILES string of the molecule is C#Cc1nc(NC)ncc1C(C)C. The monoisotopic (exact) mass is 175 g/mol. The lowest BCUT2D eigenvalue weighted by atomic mass is 10.0. The summed E-state index contributed by atoms with van der Waals surface area (Å²) in [5.74, 6) is 3.49. The number of terminal acetylenes is 1. The quantitative estimate of drug-likeness (QED) is 0.694. The molecule has 0 saturated carbocycles. The second-order valence-corrected chi connectivity index (χ2v) is 3.05. The Kier molecular flexibility index (Phi) is 2.86. The molecule has 68 valence electrons. The second kappa shape index (κ2) is 3.90. The first-order valence-corrected chi connectivity index (χ1v) is 4.20. The average Bonchev–Trinajstić information content (AvgIpc) is 2.16. The molecule has 0 saturated heterocycles. The van der Waals surface area contributed by atoms with Crippen LogP contribution in [0, 0.1) is 12.3 Å². The normalized spacial score (nSPS) is 9.77. The minimum Gasteiger partial charge on any atom is -0.357 e. The molecule has 1 heterocycles. The maximum Gasteiger partial charge on any atom is 0.223 e. The van der Waals surface area contributed by atoms with Gasteiger partial charge in [-0.25, -0.2) is 9.97 Å². The molecule has 0 aromatic carbocycles. The Morgan fingerprint density at radius 1 is 1.54 bits per heavy atom. The molecule has 1 aromatic rings. The highest BCUT2D eigenvalue weighted by Crippen LogP contribution is 2.16. The van der Waals surface area contributed by atoms with Crippen molar-refractivity contribution in [2.45, 2.75) is 19.8 Å². The van der Waals surface area contributed by atoms with Crippen LogP contribution < -0.4 is 5.32 Å². The van der Waals surface area contributed by atoms with Crippen LogP contribution in [-0.2, 0) is 0 Å². The Bertz CT molecular complexity index is 337. The highest BCUT2D eigenvalue weighted by atomic mass is 15.1. The molecule has 0 aliphatic carbocycles. The van der Waals surface area contributed by atoms with E-state index in [0.717, 1.165) is 5.56 Å². The van der Waals surface area contributed by atoms with Crippen molar-refractivity contribution in [3.05, 3.63) is 17.5 Å². The van der Waals surface area contributed by atoms with E-state index in [1.807, 2.05) is 0 Å². The van der Waals surface area contributed by atoms with Gasteiger partial charge in [0.05, 0.1) is 0 Å². The Morgan fingerprint density at radius 2 is 2.23 bits per heavy atom. The summed E-state index contributed by atoms with van der Waals surface area (Å²) in [5, 5.41) is 2.85. The summed E-state index contributed by atoms with van der Waals surface area (Å²) >= 11 is 0. The summed E-state index contributed by atoms with van der Waals surface area (Å²) in [6.45, 7) is 4.14. The van der Waals surface area contributed by atoms with Crippen LogP contribution in [0.5, 0.6) is 0 Å². The predicted molar refractivity (Wildman–Crippen MR) is 53.6 cm³/mol. The molecule has 0 fully saturated rings. The molecule has 0 spiro atoms. The molecule has 3 heteroatoms. The first kappa shape index (κ1) is 9.53. The number of hydrogen-bond donors (Lipinski definition) is 1. The van der Waals surface area contributed by atoms with E-state index in [4.69, 9.17) is 6.42 Å². The van der Waals surface area contributed by atoms with Gasteiger partial charge in [0.15, 0.2) is 0 Å². The Labute approximate surface area is 78.6 Å². The minimum absolute atomic E-state index is 0.358. The van der Waals surface area contributed by atoms with Gasteiger partial charge in [-0.3, -0.25) is 0 Å². The Morgan fingerprint density at radius 3 is 2.69 bits per heavy atom. The van der Waals surface area contributed by atoms with Crippen LogP contribution in [0.1, 0.15) is 31.0 Å². The summed E-state index contributed by atoms with van der Waals surface area (Å²) < 4.78 is 0. The van der Waals surface area contributed by atoms with E-state index in [1.165, 1.54) is 0 Å². The molecule has 1 rings (SSSR count). The topological polar surface area (TPSA) is 37.8 Å². The molecule has 0 unspecified atom stereocenters. The fraction of sp³-hybridized carbons (Fsp3) is 0.400. The maximum absolute atomic E-state index is 5.34. The standard InChI is InChI=1S/C10H13N3/c1-5-9-8(7(2)3)6-12-10(11-4)13-9/h1,6-7H,2-4H3,(H,11,12,13). The largest absolute Gasteiger partial charge is 0.357 e. The van der Waals surface area contributed by atoms with Crippen molar-refractivity contribution in [3.8, 4) is 12.3 Å². The van der Waals surface area contributed by atoms with Gasteiger partial charge < -0.3 is 5.32 Å². The second-order valence-electron chi connectivity index (χ2n) is 3.05. The highest BCUT2D eigenvalue weighted by Gasteiger charge is 2.07. The number of hydrogen-bond acceptors (Lipinski definition) is 3. The van der Waals surface area contributed by atoms with Crippen LogP contribution >= 0.6 is 0 Å². The molecule has 0 atom stereocenters. The van der Waals surface area contributed by atoms with Gasteiger partial charge in [0.1, 0.15) is 5.69 Å². The maximum atomic E-state index is 5.34. The van der Waals surface area contributed by atoms with Crippen molar-refractivity contribution >= 4 is 5.95 Å². The number of nitrogens with one attached hydrogen (secondary N) is 1. The number of anilines is 1. The third-order valence-corrected chi connectivity index (χ3v) is 1.80. The first-order valence-electron chi connectivity index (χ1n) is 4.20. The molecule has 0 amide bonds. The molecular formula is C10H13N3. The Hall–Kier alpha value is -1.56. The van der Waals surface area contributed by atoms with Gasteiger partial charge in [0.25, 0.3) is 0 Å². The first-order chi connectivity index (χ1) is 6.19. The molecule has 1 aromatic heterocycles. The van der Waals surface area contributed by atoms with Gasteiger partial charge >= 0.3 is 0 Å². The summed E-state index contributed by atoms with van der Waals surface area (Å²) in [6.07, 6.45) is 7.12. The lowest BCUT2D eigenvalue weighted by Gasteiger charge is -2.07. The lowest BCUT2D eigenvalue weighted by Crippen LogP contribution is -2.02. The van der Waals surface area contributed by atoms with Crippen LogP contribution in [0.2, 0.25) is 0 Å². The van der Waals surface area contributed by atoms with Gasteiger partial charge in [-0.05, 0) is 11.8 Å². The molecule has 3 nitrogen and oxygen atoms in total. The molecule has 1 N–H and O–H groups in total. The number of rotatable bonds is 2. The van der Waals surface area contributed by atoms with Crippen molar-refractivity contribution in [1.29, 1.82) is 0 Å². The number of aromatic nitrogens is 2. The van der Waals surface area contributed by atoms with E-state index in [9.17, 15) is 0 Å². The van der Waals surface area contributed by atoms with Crippen molar-refractivity contribution in [3.63, 3.8) is 0 Å². The molecular weight excluding hydrogens is 162 g/mol. The van der Waals surface area contributed by atoms with E-state index in [1.54, 1.807) is 13.2 Å². The van der Waals surface area contributed by atoms with E-state index < -0.39 is 0 Å².